The van der Waals surface area contributed by atoms with Crippen LogP contribution in [0.5, 0.6) is 0 Å². The average molecular weight is 339 g/mol. The highest BCUT2D eigenvalue weighted by Gasteiger charge is 2.11. The predicted molar refractivity (Wildman–Crippen MR) is 113 cm³/mol. The number of hydrogen-bond acceptors (Lipinski definition) is 0. The maximum atomic E-state index is 2.48. The van der Waals surface area contributed by atoms with Gasteiger partial charge in [0.15, 0.2) is 0 Å². The lowest BCUT2D eigenvalue weighted by atomic mass is 9.87. The van der Waals surface area contributed by atoms with Crippen LogP contribution in [0, 0.1) is 35.5 Å². The first-order valence-electron chi connectivity index (χ1n) is 11.2. The van der Waals surface area contributed by atoms with Crippen LogP contribution in [-0.2, 0) is 0 Å². The lowest BCUT2D eigenvalue weighted by Gasteiger charge is -2.19. The van der Waals surface area contributed by atoms with E-state index < -0.39 is 0 Å². The lowest BCUT2D eigenvalue weighted by Crippen LogP contribution is -2.06. The summed E-state index contributed by atoms with van der Waals surface area (Å²) in [6, 6.07) is 0. The van der Waals surface area contributed by atoms with E-state index in [2.05, 4.69) is 55.4 Å². The van der Waals surface area contributed by atoms with E-state index in [0.717, 1.165) is 35.5 Å². The summed E-state index contributed by atoms with van der Waals surface area (Å²) in [7, 11) is 0. The predicted octanol–water partition coefficient (Wildman–Crippen LogP) is 8.74. The van der Waals surface area contributed by atoms with E-state index in [4.69, 9.17) is 0 Å². The molecule has 0 saturated carbocycles. The molecule has 0 aliphatic carbocycles. The fraction of sp³-hybridized carbons (Fsp3) is 1.00. The molecule has 0 rings (SSSR count). The molecular formula is C24H50. The second kappa shape index (κ2) is 14.2. The first-order chi connectivity index (χ1) is 11.2. The second-order valence-corrected chi connectivity index (χ2v) is 10.1. The van der Waals surface area contributed by atoms with E-state index in [1.54, 1.807) is 0 Å². The number of rotatable bonds is 15. The Hall–Kier alpha value is 0. The minimum atomic E-state index is 0.869. The minimum Gasteiger partial charge on any atom is -0.0628 e. The quantitative estimate of drug-likeness (QED) is 0.280. The van der Waals surface area contributed by atoms with E-state index in [1.165, 1.54) is 64.2 Å². The zero-order chi connectivity index (χ0) is 18.5. The van der Waals surface area contributed by atoms with Crippen LogP contribution in [0.1, 0.15) is 120 Å². The monoisotopic (exact) mass is 338 g/mol. The lowest BCUT2D eigenvalue weighted by molar-refractivity contribution is 0.332. The molecule has 0 aliphatic heterocycles. The van der Waals surface area contributed by atoms with Gasteiger partial charge in [0.2, 0.25) is 0 Å². The third kappa shape index (κ3) is 15.5. The molecule has 0 saturated heterocycles. The summed E-state index contributed by atoms with van der Waals surface area (Å²) in [5.74, 6) is 5.44. The van der Waals surface area contributed by atoms with E-state index in [1.807, 2.05) is 0 Å². The summed E-state index contributed by atoms with van der Waals surface area (Å²) < 4.78 is 0. The van der Waals surface area contributed by atoms with Crippen LogP contribution < -0.4 is 0 Å². The van der Waals surface area contributed by atoms with Crippen molar-refractivity contribution in [2.45, 2.75) is 120 Å². The van der Waals surface area contributed by atoms with Gasteiger partial charge >= 0.3 is 0 Å². The molecule has 0 bridgehead atoms. The summed E-state index contributed by atoms with van der Waals surface area (Å²) in [5.41, 5.74) is 0. The molecule has 0 aromatic heterocycles. The summed E-state index contributed by atoms with van der Waals surface area (Å²) in [5, 5.41) is 0. The molecule has 0 aromatic rings. The van der Waals surface area contributed by atoms with E-state index in [0.29, 0.717) is 0 Å². The smallest absolute Gasteiger partial charge is 0.0443 e. The van der Waals surface area contributed by atoms with Crippen LogP contribution in [0.15, 0.2) is 0 Å². The minimum absolute atomic E-state index is 0.869. The van der Waals surface area contributed by atoms with Gasteiger partial charge in [0.25, 0.3) is 0 Å². The van der Waals surface area contributed by atoms with Crippen molar-refractivity contribution < 1.29 is 0 Å². The van der Waals surface area contributed by atoms with Crippen LogP contribution in [0.2, 0.25) is 0 Å². The highest BCUT2D eigenvalue weighted by atomic mass is 14.2. The summed E-state index contributed by atoms with van der Waals surface area (Å²) in [4.78, 5) is 0. The van der Waals surface area contributed by atoms with Gasteiger partial charge in [-0.3, -0.25) is 0 Å². The molecule has 0 spiro atoms. The van der Waals surface area contributed by atoms with Crippen molar-refractivity contribution in [3.8, 4) is 0 Å². The van der Waals surface area contributed by atoms with Crippen LogP contribution in [0.25, 0.3) is 0 Å². The van der Waals surface area contributed by atoms with Gasteiger partial charge in [0.05, 0.1) is 0 Å². The molecule has 0 radical (unpaired) electrons. The van der Waals surface area contributed by atoms with Crippen molar-refractivity contribution in [3.05, 3.63) is 0 Å². The van der Waals surface area contributed by atoms with Crippen molar-refractivity contribution in [2.24, 2.45) is 35.5 Å². The SMILES string of the molecule is CC(C)CCC(C)CCC(C)CCC(C)CCC(C)CCC(C)C. The van der Waals surface area contributed by atoms with E-state index in [9.17, 15) is 0 Å². The van der Waals surface area contributed by atoms with Gasteiger partial charge in [0, 0.05) is 0 Å². The van der Waals surface area contributed by atoms with Crippen molar-refractivity contribution in [1.29, 1.82) is 0 Å². The molecule has 0 N–H and O–H groups in total. The molecule has 0 aliphatic rings. The zero-order valence-corrected chi connectivity index (χ0v) is 18.5. The second-order valence-electron chi connectivity index (χ2n) is 10.1. The standard InChI is InChI=1S/C24H50/c1-19(2)9-11-21(5)13-15-23(7)17-18-24(8)16-14-22(6)12-10-20(3)4/h19-24H,9-18H2,1-8H3. The van der Waals surface area contributed by atoms with Crippen LogP contribution >= 0.6 is 0 Å². The van der Waals surface area contributed by atoms with E-state index in [-0.39, 0.29) is 0 Å². The Labute approximate surface area is 155 Å². The molecule has 0 aromatic carbocycles. The zero-order valence-electron chi connectivity index (χ0n) is 18.5. The Morgan fingerprint density at radius 2 is 0.458 bits per heavy atom. The molecular weight excluding hydrogens is 288 g/mol. The Morgan fingerprint density at radius 1 is 0.292 bits per heavy atom. The third-order valence-corrected chi connectivity index (χ3v) is 5.93. The Kier molecular flexibility index (Phi) is 14.2. The summed E-state index contributed by atoms with van der Waals surface area (Å²) in [6.07, 6.45) is 14.3. The molecule has 0 fully saturated rings. The van der Waals surface area contributed by atoms with Crippen molar-refractivity contribution in [1.82, 2.24) is 0 Å². The van der Waals surface area contributed by atoms with Crippen LogP contribution in [0.4, 0.5) is 0 Å². The van der Waals surface area contributed by atoms with Gasteiger partial charge in [-0.2, -0.15) is 0 Å². The highest BCUT2D eigenvalue weighted by Crippen LogP contribution is 2.25. The van der Waals surface area contributed by atoms with Gasteiger partial charge in [-0.1, -0.05) is 120 Å². The molecule has 0 heteroatoms. The normalized spacial score (nSPS) is 17.2. The van der Waals surface area contributed by atoms with E-state index >= 15 is 0 Å². The van der Waals surface area contributed by atoms with Crippen molar-refractivity contribution in [3.63, 3.8) is 0 Å². The summed E-state index contributed by atoms with van der Waals surface area (Å²) in [6.45, 7) is 19.3. The van der Waals surface area contributed by atoms with Gasteiger partial charge in [-0.25, -0.2) is 0 Å². The van der Waals surface area contributed by atoms with Crippen molar-refractivity contribution in [2.75, 3.05) is 0 Å². The van der Waals surface area contributed by atoms with Crippen LogP contribution in [0.3, 0.4) is 0 Å². The average Bonchev–Trinajstić information content (AvgIpc) is 2.52. The first kappa shape index (κ1) is 24.0. The molecule has 4 atom stereocenters. The molecule has 0 nitrogen and oxygen atoms in total. The van der Waals surface area contributed by atoms with Gasteiger partial charge in [-0.15, -0.1) is 0 Å². The molecule has 24 heavy (non-hydrogen) atoms. The third-order valence-electron chi connectivity index (χ3n) is 5.93. The molecule has 4 unspecified atom stereocenters. The Bertz CT molecular complexity index is 237. The number of hydrogen-bond donors (Lipinski definition) is 0. The maximum absolute atomic E-state index is 2.48. The molecule has 0 amide bonds. The van der Waals surface area contributed by atoms with Gasteiger partial charge in [-0.05, 0) is 35.5 Å². The molecule has 0 heterocycles. The largest absolute Gasteiger partial charge is 0.0628 e. The fourth-order valence-corrected chi connectivity index (χ4v) is 3.52. The Balaban J connectivity index is 3.68. The molecule has 146 valence electrons. The fourth-order valence-electron chi connectivity index (χ4n) is 3.52. The maximum Gasteiger partial charge on any atom is -0.0443 e. The first-order valence-corrected chi connectivity index (χ1v) is 11.2. The van der Waals surface area contributed by atoms with Gasteiger partial charge < -0.3 is 0 Å². The topological polar surface area (TPSA) is 0 Å². The Morgan fingerprint density at radius 3 is 0.625 bits per heavy atom. The van der Waals surface area contributed by atoms with Crippen molar-refractivity contribution >= 4 is 0 Å². The highest BCUT2D eigenvalue weighted by molar-refractivity contribution is 4.64. The summed E-state index contributed by atoms with van der Waals surface area (Å²) >= 11 is 0. The van der Waals surface area contributed by atoms with Crippen LogP contribution in [-0.4, -0.2) is 0 Å². The van der Waals surface area contributed by atoms with Gasteiger partial charge in [0.1, 0.15) is 0 Å².